The molecule has 0 amide bonds. The zero-order valence-electron chi connectivity index (χ0n) is 21.0. The largest absolute Gasteiger partial charge is 0.362 e. The third-order valence-electron chi connectivity index (χ3n) is 7.01. The molecule has 1 fully saturated rings. The smallest absolute Gasteiger partial charge is 0.225 e. The molecule has 34 heavy (non-hydrogen) atoms. The Morgan fingerprint density at radius 1 is 1.00 bits per heavy atom. The molecule has 6 nitrogen and oxygen atoms in total. The van der Waals surface area contributed by atoms with E-state index in [-0.39, 0.29) is 0 Å². The van der Waals surface area contributed by atoms with Crippen LogP contribution in [0.3, 0.4) is 0 Å². The van der Waals surface area contributed by atoms with E-state index in [1.54, 1.807) is 0 Å². The molecule has 0 aliphatic heterocycles. The third kappa shape index (κ3) is 6.59. The maximum Gasteiger partial charge on any atom is 0.225 e. The van der Waals surface area contributed by atoms with Gasteiger partial charge < -0.3 is 20.9 Å². The number of nitrogens with one attached hydrogen (secondary N) is 3. The summed E-state index contributed by atoms with van der Waals surface area (Å²) in [6, 6.07) is 9.46. The van der Waals surface area contributed by atoms with Crippen LogP contribution in [0.5, 0.6) is 0 Å². The van der Waals surface area contributed by atoms with Gasteiger partial charge in [0.25, 0.3) is 0 Å². The summed E-state index contributed by atoms with van der Waals surface area (Å²) < 4.78 is 0. The van der Waals surface area contributed by atoms with Crippen molar-refractivity contribution in [1.82, 2.24) is 15.3 Å². The van der Waals surface area contributed by atoms with Crippen LogP contribution < -0.4 is 20.9 Å². The lowest BCUT2D eigenvalue weighted by atomic mass is 9.91. The quantitative estimate of drug-likeness (QED) is 0.433. The van der Waals surface area contributed by atoms with Crippen molar-refractivity contribution in [3.8, 4) is 0 Å². The van der Waals surface area contributed by atoms with Crippen LogP contribution >= 0.6 is 12.2 Å². The maximum atomic E-state index is 5.59. The highest BCUT2D eigenvalue weighted by Gasteiger charge is 2.24. The van der Waals surface area contributed by atoms with E-state index in [1.165, 1.54) is 42.5 Å². The molecule has 7 heteroatoms. The first-order valence-electron chi connectivity index (χ1n) is 13.0. The highest BCUT2D eigenvalue weighted by atomic mass is 32.1. The van der Waals surface area contributed by atoms with Gasteiger partial charge >= 0.3 is 0 Å². The summed E-state index contributed by atoms with van der Waals surface area (Å²) in [6.07, 6.45) is 12.6. The second kappa shape index (κ2) is 11.8. The summed E-state index contributed by atoms with van der Waals surface area (Å²) in [4.78, 5) is 11.9. The lowest BCUT2D eigenvalue weighted by Crippen LogP contribution is -2.42. The van der Waals surface area contributed by atoms with Crippen LogP contribution in [0.4, 0.5) is 17.5 Å². The molecule has 2 aliphatic carbocycles. The molecule has 4 rings (SSSR count). The van der Waals surface area contributed by atoms with Crippen LogP contribution in [0, 0.1) is 0 Å². The van der Waals surface area contributed by atoms with Crippen LogP contribution in [-0.2, 0) is 19.3 Å². The molecule has 1 aromatic carbocycles. The van der Waals surface area contributed by atoms with Crippen molar-refractivity contribution < 1.29 is 0 Å². The minimum absolute atomic E-state index is 0.406. The van der Waals surface area contributed by atoms with Gasteiger partial charge in [0.15, 0.2) is 5.11 Å². The van der Waals surface area contributed by atoms with Crippen molar-refractivity contribution in [1.29, 1.82) is 0 Å². The molecule has 2 aromatic rings. The Labute approximate surface area is 210 Å². The van der Waals surface area contributed by atoms with Gasteiger partial charge in [0.1, 0.15) is 5.82 Å². The summed E-state index contributed by atoms with van der Waals surface area (Å²) in [5.41, 5.74) is 5.01. The topological polar surface area (TPSA) is 65.1 Å². The van der Waals surface area contributed by atoms with E-state index < -0.39 is 0 Å². The molecular weight excluding hydrogens is 440 g/mol. The molecule has 1 aromatic heterocycles. The SMILES string of the molecule is CCCCc1ccc(NC(=S)NC2CCC(Nc3nc4c(c(N(C)C)n3)CCCC4)CC2)cc1. The fraction of sp³-hybridized carbons (Fsp3) is 0.593. The molecule has 1 heterocycles. The van der Waals surface area contributed by atoms with Gasteiger partial charge in [-0.15, -0.1) is 0 Å². The minimum Gasteiger partial charge on any atom is -0.362 e. The number of benzene rings is 1. The number of anilines is 3. The Kier molecular flexibility index (Phi) is 8.59. The zero-order chi connectivity index (χ0) is 23.9. The average molecular weight is 481 g/mol. The first-order chi connectivity index (χ1) is 16.5. The number of thiocarbonyl (C=S) groups is 1. The standard InChI is InChI=1S/C27H40N6S/c1-4-5-8-19-11-13-21(14-12-19)29-27(34)30-22-17-15-20(16-18-22)28-26-31-24-10-7-6-9-23(24)25(32-26)33(2)3/h11-14,20,22H,4-10,15-18H2,1-3H3,(H,28,31,32)(H2,29,30,34). The van der Waals surface area contributed by atoms with Crippen LogP contribution in [0.15, 0.2) is 24.3 Å². The molecule has 2 aliphatic rings. The van der Waals surface area contributed by atoms with E-state index in [0.29, 0.717) is 17.2 Å². The number of hydrogen-bond acceptors (Lipinski definition) is 5. The Morgan fingerprint density at radius 2 is 1.71 bits per heavy atom. The van der Waals surface area contributed by atoms with Crippen molar-refractivity contribution >= 4 is 34.8 Å². The first kappa shape index (κ1) is 24.7. The van der Waals surface area contributed by atoms with Gasteiger partial charge in [-0.3, -0.25) is 0 Å². The van der Waals surface area contributed by atoms with Crippen molar-refractivity contribution in [2.45, 2.75) is 89.6 Å². The average Bonchev–Trinajstić information content (AvgIpc) is 2.84. The van der Waals surface area contributed by atoms with Crippen molar-refractivity contribution in [3.05, 3.63) is 41.1 Å². The summed E-state index contributed by atoms with van der Waals surface area (Å²) in [5, 5.41) is 11.2. The van der Waals surface area contributed by atoms with E-state index in [4.69, 9.17) is 22.2 Å². The molecule has 3 N–H and O–H groups in total. The van der Waals surface area contributed by atoms with E-state index in [2.05, 4.69) is 66.1 Å². The van der Waals surface area contributed by atoms with Crippen molar-refractivity contribution in [3.63, 3.8) is 0 Å². The fourth-order valence-electron chi connectivity index (χ4n) is 5.06. The number of hydrogen-bond donors (Lipinski definition) is 3. The van der Waals surface area contributed by atoms with Crippen molar-refractivity contribution in [2.24, 2.45) is 0 Å². The molecule has 1 saturated carbocycles. The highest BCUT2D eigenvalue weighted by Crippen LogP contribution is 2.29. The van der Waals surface area contributed by atoms with Gasteiger partial charge in [0, 0.05) is 37.4 Å². The van der Waals surface area contributed by atoms with Gasteiger partial charge in [-0.05, 0) is 94.1 Å². The van der Waals surface area contributed by atoms with E-state index in [1.807, 2.05) is 0 Å². The minimum atomic E-state index is 0.406. The Morgan fingerprint density at radius 3 is 2.41 bits per heavy atom. The monoisotopic (exact) mass is 480 g/mol. The van der Waals surface area contributed by atoms with Gasteiger partial charge in [0.05, 0.1) is 5.69 Å². The summed E-state index contributed by atoms with van der Waals surface area (Å²) in [6.45, 7) is 2.23. The summed E-state index contributed by atoms with van der Waals surface area (Å²) in [7, 11) is 4.16. The molecular formula is C27H40N6S. The molecule has 0 bridgehead atoms. The third-order valence-corrected chi connectivity index (χ3v) is 7.23. The van der Waals surface area contributed by atoms with Gasteiger partial charge in [-0.25, -0.2) is 4.98 Å². The number of aromatic nitrogens is 2. The van der Waals surface area contributed by atoms with Crippen LogP contribution in [-0.4, -0.2) is 41.3 Å². The Balaban J connectivity index is 1.25. The van der Waals surface area contributed by atoms with Crippen LogP contribution in [0.2, 0.25) is 0 Å². The normalized spacial score (nSPS) is 19.7. The van der Waals surface area contributed by atoms with Crippen molar-refractivity contribution in [2.75, 3.05) is 29.6 Å². The number of aryl methyl sites for hydroxylation is 2. The van der Waals surface area contributed by atoms with Gasteiger partial charge in [0.2, 0.25) is 5.95 Å². The zero-order valence-corrected chi connectivity index (χ0v) is 21.8. The lowest BCUT2D eigenvalue weighted by Gasteiger charge is -2.31. The van der Waals surface area contributed by atoms with Gasteiger partial charge in [-0.1, -0.05) is 25.5 Å². The number of nitrogens with zero attached hydrogens (tertiary/aromatic N) is 3. The fourth-order valence-corrected chi connectivity index (χ4v) is 5.35. The molecule has 0 saturated heterocycles. The Hall–Kier alpha value is -2.41. The number of fused-ring (bicyclic) bond motifs is 1. The second-order valence-electron chi connectivity index (χ2n) is 9.99. The molecule has 184 valence electrons. The molecule has 0 unspecified atom stereocenters. The number of unbranched alkanes of at least 4 members (excludes halogenated alkanes) is 1. The van der Waals surface area contributed by atoms with Crippen LogP contribution in [0.1, 0.15) is 75.1 Å². The van der Waals surface area contributed by atoms with E-state index in [0.717, 1.165) is 62.4 Å². The molecule has 0 atom stereocenters. The Bertz CT molecular complexity index is 950. The number of rotatable bonds is 8. The highest BCUT2D eigenvalue weighted by molar-refractivity contribution is 7.80. The predicted octanol–water partition coefficient (Wildman–Crippen LogP) is 5.47. The first-order valence-corrected chi connectivity index (χ1v) is 13.4. The lowest BCUT2D eigenvalue weighted by molar-refractivity contribution is 0.387. The predicted molar refractivity (Wildman–Crippen MR) is 147 cm³/mol. The van der Waals surface area contributed by atoms with Crippen LogP contribution in [0.25, 0.3) is 0 Å². The van der Waals surface area contributed by atoms with E-state index in [9.17, 15) is 0 Å². The van der Waals surface area contributed by atoms with Gasteiger partial charge in [-0.2, -0.15) is 4.98 Å². The summed E-state index contributed by atoms with van der Waals surface area (Å²) in [5.74, 6) is 1.87. The molecule has 0 radical (unpaired) electrons. The second-order valence-corrected chi connectivity index (χ2v) is 10.4. The van der Waals surface area contributed by atoms with E-state index >= 15 is 0 Å². The summed E-state index contributed by atoms with van der Waals surface area (Å²) >= 11 is 5.59. The maximum absolute atomic E-state index is 5.59. The molecule has 0 spiro atoms.